The molecule has 146 valence electrons. The van der Waals surface area contributed by atoms with Crippen LogP contribution in [-0.2, 0) is 11.3 Å². The number of carbonyl (C=O) groups excluding carboxylic acids is 1. The lowest BCUT2D eigenvalue weighted by Crippen LogP contribution is -2.40. The number of non-ortho nitro benzene ring substituents is 1. The van der Waals surface area contributed by atoms with E-state index in [0.29, 0.717) is 4.90 Å². The lowest BCUT2D eigenvalue weighted by Gasteiger charge is -2.23. The first kappa shape index (κ1) is 20.1. The van der Waals surface area contributed by atoms with Gasteiger partial charge in [0.1, 0.15) is 12.3 Å². The molecule has 2 aromatic rings. The van der Waals surface area contributed by atoms with Crippen molar-refractivity contribution in [3.8, 4) is 11.5 Å². The summed E-state index contributed by atoms with van der Waals surface area (Å²) in [4.78, 5) is 22.8. The van der Waals surface area contributed by atoms with Gasteiger partial charge < -0.3 is 18.8 Å². The molecule has 0 N–H and O–H groups in total. The Kier molecular flexibility index (Phi) is 6.27. The van der Waals surface area contributed by atoms with E-state index in [1.807, 2.05) is 0 Å². The number of carbonyl (C=O) groups is 1. The highest BCUT2D eigenvalue weighted by molar-refractivity contribution is 5.78. The molecule has 1 amide bonds. The van der Waals surface area contributed by atoms with Gasteiger partial charge in [0.15, 0.2) is 18.1 Å². The lowest BCUT2D eigenvalue weighted by molar-refractivity contribution is -0.384. The number of halogens is 3. The third-order valence-corrected chi connectivity index (χ3v) is 3.36. The Bertz CT molecular complexity index is 792. The fourth-order valence-electron chi connectivity index (χ4n) is 2.16. The molecule has 0 saturated heterocycles. The normalized spacial score (nSPS) is 11.1. The van der Waals surface area contributed by atoms with Gasteiger partial charge in [0.2, 0.25) is 0 Å². The number of furan rings is 1. The molecule has 8 nitrogen and oxygen atoms in total. The molecule has 2 rings (SSSR count). The summed E-state index contributed by atoms with van der Waals surface area (Å²) in [5, 5.41) is 10.8. The van der Waals surface area contributed by atoms with Gasteiger partial charge in [-0.25, -0.2) is 0 Å². The molecule has 0 saturated carbocycles. The first-order valence-electron chi connectivity index (χ1n) is 7.51. The number of rotatable bonds is 8. The van der Waals surface area contributed by atoms with Gasteiger partial charge in [-0.1, -0.05) is 0 Å². The van der Waals surface area contributed by atoms with Crippen LogP contribution < -0.4 is 9.47 Å². The predicted molar refractivity (Wildman–Crippen MR) is 85.3 cm³/mol. The number of benzene rings is 1. The third kappa shape index (κ3) is 5.90. The first-order chi connectivity index (χ1) is 12.7. The molecule has 1 aromatic carbocycles. The minimum Gasteiger partial charge on any atom is -0.493 e. The second-order valence-corrected chi connectivity index (χ2v) is 5.33. The SMILES string of the molecule is COc1cc([N+](=O)[O-])ccc1OCC(=O)N(Cc1ccco1)CC(F)(F)F. The van der Waals surface area contributed by atoms with Crippen LogP contribution >= 0.6 is 0 Å². The van der Waals surface area contributed by atoms with E-state index in [9.17, 15) is 28.1 Å². The van der Waals surface area contributed by atoms with E-state index < -0.39 is 30.2 Å². The Labute approximate surface area is 151 Å². The Hall–Kier alpha value is -3.24. The van der Waals surface area contributed by atoms with Gasteiger partial charge in [-0.15, -0.1) is 0 Å². The Morgan fingerprint density at radius 1 is 1.30 bits per heavy atom. The van der Waals surface area contributed by atoms with Crippen molar-refractivity contribution in [3.63, 3.8) is 0 Å². The maximum atomic E-state index is 12.7. The minimum absolute atomic E-state index is 0.0126. The van der Waals surface area contributed by atoms with Gasteiger partial charge in [0.05, 0.1) is 30.9 Å². The number of methoxy groups -OCH3 is 1. The van der Waals surface area contributed by atoms with Gasteiger partial charge in [0, 0.05) is 6.07 Å². The molecular formula is C16H15F3N2O6. The summed E-state index contributed by atoms with van der Waals surface area (Å²) in [5.74, 6) is -0.795. The highest BCUT2D eigenvalue weighted by Crippen LogP contribution is 2.31. The number of alkyl halides is 3. The van der Waals surface area contributed by atoms with Crippen molar-refractivity contribution in [2.45, 2.75) is 12.7 Å². The number of hydrogen-bond acceptors (Lipinski definition) is 6. The number of hydrogen-bond donors (Lipinski definition) is 0. The summed E-state index contributed by atoms with van der Waals surface area (Å²) in [7, 11) is 1.24. The lowest BCUT2D eigenvalue weighted by atomic mass is 10.3. The summed E-state index contributed by atoms with van der Waals surface area (Å²) in [6.07, 6.45) is -3.32. The van der Waals surface area contributed by atoms with E-state index in [-0.39, 0.29) is 29.5 Å². The average molecular weight is 388 g/mol. The van der Waals surface area contributed by atoms with E-state index in [2.05, 4.69) is 0 Å². The molecule has 0 radical (unpaired) electrons. The second kappa shape index (κ2) is 8.43. The summed E-state index contributed by atoms with van der Waals surface area (Å²) in [6.45, 7) is -2.58. The monoisotopic (exact) mass is 388 g/mol. The standard InChI is InChI=1S/C16H15F3N2O6/c1-25-14-7-11(21(23)24)4-5-13(14)27-9-15(22)20(10-16(17,18)19)8-12-3-2-6-26-12/h2-7H,8-10H2,1H3. The number of nitro benzene ring substituents is 1. The number of amides is 1. The summed E-state index contributed by atoms with van der Waals surface area (Å²) in [5.41, 5.74) is -0.262. The molecule has 0 aliphatic rings. The Balaban J connectivity index is 2.09. The second-order valence-electron chi connectivity index (χ2n) is 5.33. The Morgan fingerprint density at radius 3 is 2.59 bits per heavy atom. The predicted octanol–water partition coefficient (Wildman–Crippen LogP) is 3.17. The van der Waals surface area contributed by atoms with Crippen LogP contribution in [0.25, 0.3) is 0 Å². The molecule has 0 atom stereocenters. The van der Waals surface area contributed by atoms with Crippen molar-refractivity contribution in [3.05, 3.63) is 52.5 Å². The molecule has 0 spiro atoms. The maximum Gasteiger partial charge on any atom is 0.406 e. The zero-order valence-corrected chi connectivity index (χ0v) is 14.1. The van der Waals surface area contributed by atoms with Crippen LogP contribution in [0, 0.1) is 10.1 Å². The van der Waals surface area contributed by atoms with Crippen molar-refractivity contribution >= 4 is 11.6 Å². The van der Waals surface area contributed by atoms with Crippen LogP contribution in [0.5, 0.6) is 11.5 Å². The van der Waals surface area contributed by atoms with Crippen LogP contribution in [0.3, 0.4) is 0 Å². The van der Waals surface area contributed by atoms with Crippen LogP contribution in [-0.4, -0.2) is 42.2 Å². The molecule has 27 heavy (non-hydrogen) atoms. The van der Waals surface area contributed by atoms with Crippen LogP contribution in [0.2, 0.25) is 0 Å². The Morgan fingerprint density at radius 2 is 2.04 bits per heavy atom. The molecule has 11 heteroatoms. The van der Waals surface area contributed by atoms with Crippen molar-refractivity contribution in [1.29, 1.82) is 0 Å². The van der Waals surface area contributed by atoms with E-state index >= 15 is 0 Å². The first-order valence-corrected chi connectivity index (χ1v) is 7.51. The van der Waals surface area contributed by atoms with E-state index in [1.165, 1.54) is 31.6 Å². The molecule has 0 fully saturated rings. The van der Waals surface area contributed by atoms with Gasteiger partial charge in [-0.3, -0.25) is 14.9 Å². The van der Waals surface area contributed by atoms with Gasteiger partial charge in [-0.2, -0.15) is 13.2 Å². The quantitative estimate of drug-likeness (QED) is 0.509. The van der Waals surface area contributed by atoms with Crippen molar-refractivity contribution < 1.29 is 36.8 Å². The smallest absolute Gasteiger partial charge is 0.406 e. The fourth-order valence-corrected chi connectivity index (χ4v) is 2.16. The minimum atomic E-state index is -4.60. The van der Waals surface area contributed by atoms with Crippen LogP contribution in [0.15, 0.2) is 41.0 Å². The zero-order valence-electron chi connectivity index (χ0n) is 14.1. The molecule has 0 aliphatic carbocycles. The van der Waals surface area contributed by atoms with Gasteiger partial charge in [0.25, 0.3) is 11.6 Å². The summed E-state index contributed by atoms with van der Waals surface area (Å²) >= 11 is 0. The third-order valence-electron chi connectivity index (χ3n) is 3.36. The fraction of sp³-hybridized carbons (Fsp3) is 0.312. The highest BCUT2D eigenvalue weighted by atomic mass is 19.4. The molecule has 0 bridgehead atoms. The van der Waals surface area contributed by atoms with Crippen molar-refractivity contribution in [2.24, 2.45) is 0 Å². The number of nitrogens with zero attached hydrogens (tertiary/aromatic N) is 2. The van der Waals surface area contributed by atoms with Crippen molar-refractivity contribution in [2.75, 3.05) is 20.3 Å². The topological polar surface area (TPSA) is 95.1 Å². The van der Waals surface area contributed by atoms with E-state index in [4.69, 9.17) is 13.9 Å². The molecule has 1 aromatic heterocycles. The summed E-state index contributed by atoms with van der Waals surface area (Å²) in [6, 6.07) is 6.33. The largest absolute Gasteiger partial charge is 0.493 e. The molecule has 1 heterocycles. The zero-order chi connectivity index (χ0) is 20.0. The maximum absolute atomic E-state index is 12.7. The molecule has 0 aliphatic heterocycles. The summed E-state index contributed by atoms with van der Waals surface area (Å²) < 4.78 is 53.4. The number of ether oxygens (including phenoxy) is 2. The highest BCUT2D eigenvalue weighted by Gasteiger charge is 2.33. The van der Waals surface area contributed by atoms with Crippen molar-refractivity contribution in [1.82, 2.24) is 4.90 Å². The van der Waals surface area contributed by atoms with E-state index in [0.717, 1.165) is 12.1 Å². The van der Waals surface area contributed by atoms with Gasteiger partial charge in [-0.05, 0) is 18.2 Å². The molecular weight excluding hydrogens is 373 g/mol. The van der Waals surface area contributed by atoms with Crippen LogP contribution in [0.1, 0.15) is 5.76 Å². The van der Waals surface area contributed by atoms with E-state index in [1.54, 1.807) is 0 Å². The number of nitro groups is 1. The van der Waals surface area contributed by atoms with Gasteiger partial charge >= 0.3 is 6.18 Å². The van der Waals surface area contributed by atoms with Crippen LogP contribution in [0.4, 0.5) is 18.9 Å². The average Bonchev–Trinajstić information content (AvgIpc) is 3.10. The molecule has 0 unspecified atom stereocenters.